The number of nitrogens with zero attached hydrogens (tertiary/aromatic N) is 3. The quantitative estimate of drug-likeness (QED) is 0.627. The first-order valence-electron chi connectivity index (χ1n) is 3.69. The molecule has 2 heterocycles. The van der Waals surface area contributed by atoms with Crippen LogP contribution in [0.4, 0.5) is 0 Å². The van der Waals surface area contributed by atoms with E-state index in [9.17, 15) is 0 Å². The summed E-state index contributed by atoms with van der Waals surface area (Å²) in [4.78, 5) is 3.98. The van der Waals surface area contributed by atoms with Crippen LogP contribution >= 0.6 is 0 Å². The number of nitriles is 1. The van der Waals surface area contributed by atoms with Gasteiger partial charge in [0, 0.05) is 18.1 Å². The highest BCUT2D eigenvalue weighted by Crippen LogP contribution is 2.08. The first-order valence-corrected chi connectivity index (χ1v) is 3.69. The Hall–Kier alpha value is -1.82. The molecule has 0 bridgehead atoms. The summed E-state index contributed by atoms with van der Waals surface area (Å²) in [5.41, 5.74) is 2.04. The lowest BCUT2D eigenvalue weighted by molar-refractivity contribution is 1.03. The molecule has 0 spiro atoms. The lowest BCUT2D eigenvalue weighted by Gasteiger charge is -1.95. The van der Waals surface area contributed by atoms with Gasteiger partial charge in [-0.05, 0) is 12.1 Å². The van der Waals surface area contributed by atoms with Gasteiger partial charge in [0.15, 0.2) is 0 Å². The van der Waals surface area contributed by atoms with E-state index in [0.29, 0.717) is 6.42 Å². The molecule has 0 radical (unpaired) electrons. The molecule has 2 rings (SSSR count). The van der Waals surface area contributed by atoms with Gasteiger partial charge in [0.05, 0.1) is 24.2 Å². The molecule has 0 saturated carbocycles. The molecule has 0 fully saturated rings. The van der Waals surface area contributed by atoms with Crippen molar-refractivity contribution in [3.8, 4) is 6.07 Å². The number of rotatable bonds is 1. The second-order valence-corrected chi connectivity index (χ2v) is 2.53. The third-order valence-electron chi connectivity index (χ3n) is 1.80. The van der Waals surface area contributed by atoms with Gasteiger partial charge in [-0.1, -0.05) is 0 Å². The Morgan fingerprint density at radius 3 is 3.25 bits per heavy atom. The van der Waals surface area contributed by atoms with Gasteiger partial charge in [0.1, 0.15) is 0 Å². The van der Waals surface area contributed by atoms with E-state index in [2.05, 4.69) is 11.1 Å². The molecule has 58 valence electrons. The topological polar surface area (TPSA) is 41.1 Å². The summed E-state index contributed by atoms with van der Waals surface area (Å²) < 4.78 is 1.97. The molecular weight excluding hydrogens is 150 g/mol. The molecule has 12 heavy (non-hydrogen) atoms. The fraction of sp³-hybridized carbons (Fsp3) is 0.111. The number of hydrogen-bond acceptors (Lipinski definition) is 2. The number of hydrogen-bond donors (Lipinski definition) is 0. The highest BCUT2D eigenvalue weighted by Gasteiger charge is 1.98. The highest BCUT2D eigenvalue weighted by atomic mass is 14.9. The van der Waals surface area contributed by atoms with E-state index in [1.807, 2.05) is 22.7 Å². The second-order valence-electron chi connectivity index (χ2n) is 2.53. The Balaban J connectivity index is 2.64. The van der Waals surface area contributed by atoms with Gasteiger partial charge in [-0.15, -0.1) is 0 Å². The Morgan fingerprint density at radius 1 is 1.50 bits per heavy atom. The van der Waals surface area contributed by atoms with Crippen molar-refractivity contribution >= 4 is 5.52 Å². The van der Waals surface area contributed by atoms with Crippen molar-refractivity contribution < 1.29 is 0 Å². The first-order chi connectivity index (χ1) is 5.92. The van der Waals surface area contributed by atoms with Crippen molar-refractivity contribution in [2.45, 2.75) is 6.42 Å². The van der Waals surface area contributed by atoms with Crippen LogP contribution in [0.15, 0.2) is 30.7 Å². The van der Waals surface area contributed by atoms with Crippen LogP contribution in [0.25, 0.3) is 5.52 Å². The fourth-order valence-corrected chi connectivity index (χ4v) is 1.24. The summed E-state index contributed by atoms with van der Waals surface area (Å²) in [6.07, 6.45) is 5.80. The number of fused-ring (bicyclic) bond motifs is 1. The summed E-state index contributed by atoms with van der Waals surface area (Å²) in [5.74, 6) is 0. The van der Waals surface area contributed by atoms with Crippen molar-refractivity contribution in [1.82, 2.24) is 9.38 Å². The van der Waals surface area contributed by atoms with Crippen molar-refractivity contribution in [2.75, 3.05) is 0 Å². The largest absolute Gasteiger partial charge is 0.317 e. The summed E-state index contributed by atoms with van der Waals surface area (Å²) in [7, 11) is 0. The zero-order valence-electron chi connectivity index (χ0n) is 6.44. The Bertz CT molecular complexity index is 436. The van der Waals surface area contributed by atoms with E-state index >= 15 is 0 Å². The van der Waals surface area contributed by atoms with Gasteiger partial charge in [0.2, 0.25) is 0 Å². The smallest absolute Gasteiger partial charge is 0.0758 e. The van der Waals surface area contributed by atoms with E-state index in [-0.39, 0.29) is 0 Å². The monoisotopic (exact) mass is 157 g/mol. The molecule has 2 aromatic rings. The van der Waals surface area contributed by atoms with Crippen LogP contribution in [0.1, 0.15) is 5.69 Å². The highest BCUT2D eigenvalue weighted by molar-refractivity contribution is 5.47. The molecule has 0 aliphatic rings. The maximum atomic E-state index is 8.52. The summed E-state index contributed by atoms with van der Waals surface area (Å²) in [6.45, 7) is 0. The van der Waals surface area contributed by atoms with Crippen LogP contribution in [0.3, 0.4) is 0 Å². The van der Waals surface area contributed by atoms with Gasteiger partial charge in [-0.25, -0.2) is 0 Å². The molecule has 0 aliphatic carbocycles. The predicted octanol–water partition coefficient (Wildman–Crippen LogP) is 1.40. The summed E-state index contributed by atoms with van der Waals surface area (Å²) in [6, 6.07) is 6.02. The van der Waals surface area contributed by atoms with E-state index in [4.69, 9.17) is 5.26 Å². The summed E-state index contributed by atoms with van der Waals surface area (Å²) in [5, 5.41) is 8.52. The third-order valence-corrected chi connectivity index (χ3v) is 1.80. The third kappa shape index (κ3) is 0.940. The van der Waals surface area contributed by atoms with E-state index in [0.717, 1.165) is 11.2 Å². The minimum atomic E-state index is 0.443. The standard InChI is InChI=1S/C9H7N3/c10-4-3-8-1-2-9-7-11-5-6-12(8)9/h1-2,5-7H,3H2. The van der Waals surface area contributed by atoms with Crippen molar-refractivity contribution in [1.29, 1.82) is 5.26 Å². The molecule has 0 amide bonds. The molecule has 0 saturated heterocycles. The molecule has 2 aromatic heterocycles. The zero-order chi connectivity index (χ0) is 8.39. The lowest BCUT2D eigenvalue weighted by atomic mass is 10.3. The minimum absolute atomic E-state index is 0.443. The molecule has 0 aliphatic heterocycles. The van der Waals surface area contributed by atoms with Crippen molar-refractivity contribution in [3.05, 3.63) is 36.4 Å². The molecule has 0 unspecified atom stereocenters. The SMILES string of the molecule is N#CCc1ccc2cnccn12. The van der Waals surface area contributed by atoms with E-state index < -0.39 is 0 Å². The summed E-state index contributed by atoms with van der Waals surface area (Å²) >= 11 is 0. The normalized spacial score (nSPS) is 9.92. The van der Waals surface area contributed by atoms with Gasteiger partial charge >= 0.3 is 0 Å². The Labute approximate surface area is 69.9 Å². The zero-order valence-corrected chi connectivity index (χ0v) is 6.44. The van der Waals surface area contributed by atoms with E-state index in [1.165, 1.54) is 0 Å². The average molecular weight is 157 g/mol. The Morgan fingerprint density at radius 2 is 2.42 bits per heavy atom. The van der Waals surface area contributed by atoms with E-state index in [1.54, 1.807) is 12.4 Å². The van der Waals surface area contributed by atoms with Crippen molar-refractivity contribution in [3.63, 3.8) is 0 Å². The van der Waals surface area contributed by atoms with Crippen LogP contribution in [-0.2, 0) is 6.42 Å². The molecule has 3 nitrogen and oxygen atoms in total. The lowest BCUT2D eigenvalue weighted by Crippen LogP contribution is -1.90. The first kappa shape index (κ1) is 6.86. The van der Waals surface area contributed by atoms with Gasteiger partial charge in [-0.3, -0.25) is 4.98 Å². The maximum absolute atomic E-state index is 8.52. The molecule has 3 heteroatoms. The molecule has 0 atom stereocenters. The number of aromatic nitrogens is 2. The average Bonchev–Trinajstić information content (AvgIpc) is 2.50. The van der Waals surface area contributed by atoms with Crippen LogP contribution in [-0.4, -0.2) is 9.38 Å². The van der Waals surface area contributed by atoms with Gasteiger partial charge in [0.25, 0.3) is 0 Å². The van der Waals surface area contributed by atoms with Crippen molar-refractivity contribution in [2.24, 2.45) is 0 Å². The molecular formula is C9H7N3. The van der Waals surface area contributed by atoms with Gasteiger partial charge < -0.3 is 4.40 Å². The predicted molar refractivity (Wildman–Crippen MR) is 44.5 cm³/mol. The van der Waals surface area contributed by atoms with Gasteiger partial charge in [-0.2, -0.15) is 5.26 Å². The van der Waals surface area contributed by atoms with Crippen LogP contribution in [0.2, 0.25) is 0 Å². The maximum Gasteiger partial charge on any atom is 0.0758 e. The Kier molecular flexibility index (Phi) is 1.52. The van der Waals surface area contributed by atoms with Crippen LogP contribution < -0.4 is 0 Å². The van der Waals surface area contributed by atoms with Crippen LogP contribution in [0, 0.1) is 11.3 Å². The van der Waals surface area contributed by atoms with Crippen LogP contribution in [0.5, 0.6) is 0 Å². The molecule has 0 aromatic carbocycles. The fourth-order valence-electron chi connectivity index (χ4n) is 1.24. The second kappa shape index (κ2) is 2.67. The minimum Gasteiger partial charge on any atom is -0.317 e. The molecule has 0 N–H and O–H groups in total.